The Morgan fingerprint density at radius 3 is 2.75 bits per heavy atom. The predicted octanol–water partition coefficient (Wildman–Crippen LogP) is 1.23. The molecule has 0 fully saturated rings. The largest absolute Gasteiger partial charge is 0.462 e. The lowest BCUT2D eigenvalue weighted by atomic mass is 10.1. The Labute approximate surface area is 92.2 Å². The van der Waals surface area contributed by atoms with Crippen molar-refractivity contribution in [1.29, 1.82) is 0 Å². The number of nitro benzene ring substituents is 1. The van der Waals surface area contributed by atoms with Crippen LogP contribution in [-0.4, -0.2) is 17.5 Å². The maximum absolute atomic E-state index is 11.6. The molecule has 0 heterocycles. The number of benzene rings is 1. The third-order valence-electron chi connectivity index (χ3n) is 2.02. The van der Waals surface area contributed by atoms with Gasteiger partial charge in [0.1, 0.15) is 5.56 Å². The summed E-state index contributed by atoms with van der Waals surface area (Å²) in [6, 6.07) is 4.31. The van der Waals surface area contributed by atoms with E-state index in [1.807, 2.05) is 0 Å². The van der Waals surface area contributed by atoms with E-state index in [-0.39, 0.29) is 24.4 Å². The van der Waals surface area contributed by atoms with Crippen molar-refractivity contribution in [3.63, 3.8) is 0 Å². The van der Waals surface area contributed by atoms with E-state index in [4.69, 9.17) is 10.5 Å². The Bertz CT molecular complexity index is 417. The van der Waals surface area contributed by atoms with Gasteiger partial charge in [-0.05, 0) is 12.5 Å². The number of nitrogens with zero attached hydrogens (tertiary/aromatic N) is 1. The molecule has 6 nitrogen and oxygen atoms in total. The lowest BCUT2D eigenvalue weighted by molar-refractivity contribution is -0.385. The van der Waals surface area contributed by atoms with Crippen molar-refractivity contribution in [2.24, 2.45) is 5.73 Å². The SMILES string of the molecule is CCOC(=O)c1c(CN)cccc1[N+](=O)[O-]. The van der Waals surface area contributed by atoms with Crippen LogP contribution in [0, 0.1) is 10.1 Å². The van der Waals surface area contributed by atoms with Gasteiger partial charge in [-0.25, -0.2) is 4.79 Å². The summed E-state index contributed by atoms with van der Waals surface area (Å²) in [5, 5.41) is 10.8. The molecule has 0 unspecified atom stereocenters. The van der Waals surface area contributed by atoms with Crippen molar-refractivity contribution in [2.75, 3.05) is 6.61 Å². The molecule has 0 aromatic heterocycles. The molecular formula is C10H12N2O4. The first-order valence-corrected chi connectivity index (χ1v) is 4.75. The van der Waals surface area contributed by atoms with Crippen LogP contribution in [0.1, 0.15) is 22.8 Å². The van der Waals surface area contributed by atoms with Crippen molar-refractivity contribution in [3.05, 3.63) is 39.4 Å². The molecule has 16 heavy (non-hydrogen) atoms. The molecule has 0 saturated carbocycles. The summed E-state index contributed by atoms with van der Waals surface area (Å²) in [5.74, 6) is -0.713. The summed E-state index contributed by atoms with van der Waals surface area (Å²) < 4.78 is 4.76. The summed E-state index contributed by atoms with van der Waals surface area (Å²) >= 11 is 0. The highest BCUT2D eigenvalue weighted by Gasteiger charge is 2.24. The highest BCUT2D eigenvalue weighted by Crippen LogP contribution is 2.23. The average Bonchev–Trinajstić information content (AvgIpc) is 2.28. The van der Waals surface area contributed by atoms with Gasteiger partial charge >= 0.3 is 5.97 Å². The van der Waals surface area contributed by atoms with Gasteiger partial charge in [0, 0.05) is 12.6 Å². The van der Waals surface area contributed by atoms with Crippen molar-refractivity contribution in [2.45, 2.75) is 13.5 Å². The zero-order valence-corrected chi connectivity index (χ0v) is 8.80. The molecule has 1 rings (SSSR count). The zero-order chi connectivity index (χ0) is 12.1. The van der Waals surface area contributed by atoms with E-state index < -0.39 is 10.9 Å². The number of rotatable bonds is 4. The second-order valence-corrected chi connectivity index (χ2v) is 2.99. The Morgan fingerprint density at radius 2 is 2.25 bits per heavy atom. The van der Waals surface area contributed by atoms with E-state index in [0.29, 0.717) is 5.56 Å². The molecule has 0 atom stereocenters. The predicted molar refractivity (Wildman–Crippen MR) is 56.9 cm³/mol. The van der Waals surface area contributed by atoms with Gasteiger partial charge in [0.15, 0.2) is 0 Å². The van der Waals surface area contributed by atoms with Gasteiger partial charge in [0.2, 0.25) is 0 Å². The van der Waals surface area contributed by atoms with Crippen molar-refractivity contribution < 1.29 is 14.5 Å². The Kier molecular flexibility index (Phi) is 3.96. The monoisotopic (exact) mass is 224 g/mol. The normalized spacial score (nSPS) is 9.88. The zero-order valence-electron chi connectivity index (χ0n) is 8.80. The van der Waals surface area contributed by atoms with Gasteiger partial charge in [-0.3, -0.25) is 10.1 Å². The van der Waals surface area contributed by atoms with E-state index in [1.54, 1.807) is 13.0 Å². The minimum Gasteiger partial charge on any atom is -0.462 e. The van der Waals surface area contributed by atoms with Gasteiger partial charge in [0.25, 0.3) is 5.69 Å². The first-order chi connectivity index (χ1) is 7.61. The molecule has 0 aliphatic heterocycles. The lowest BCUT2D eigenvalue weighted by Gasteiger charge is -2.07. The van der Waals surface area contributed by atoms with E-state index in [9.17, 15) is 14.9 Å². The average molecular weight is 224 g/mol. The first-order valence-electron chi connectivity index (χ1n) is 4.75. The molecule has 6 heteroatoms. The van der Waals surface area contributed by atoms with Crippen molar-refractivity contribution >= 4 is 11.7 Å². The molecule has 2 N–H and O–H groups in total. The number of carbonyl (C=O) groups excluding carboxylic acids is 1. The quantitative estimate of drug-likeness (QED) is 0.471. The van der Waals surface area contributed by atoms with E-state index >= 15 is 0 Å². The smallest absolute Gasteiger partial charge is 0.345 e. The van der Waals surface area contributed by atoms with E-state index in [1.165, 1.54) is 12.1 Å². The summed E-state index contributed by atoms with van der Waals surface area (Å²) in [4.78, 5) is 21.7. The molecule has 0 spiro atoms. The summed E-state index contributed by atoms with van der Waals surface area (Å²) in [7, 11) is 0. The van der Waals surface area contributed by atoms with Crippen LogP contribution in [0.5, 0.6) is 0 Å². The molecule has 0 aliphatic carbocycles. The molecule has 0 saturated heterocycles. The number of nitrogens with two attached hydrogens (primary N) is 1. The van der Waals surface area contributed by atoms with Gasteiger partial charge in [-0.1, -0.05) is 12.1 Å². The van der Waals surface area contributed by atoms with Crippen LogP contribution in [0.4, 0.5) is 5.69 Å². The highest BCUT2D eigenvalue weighted by atomic mass is 16.6. The number of carbonyl (C=O) groups is 1. The van der Waals surface area contributed by atoms with E-state index in [2.05, 4.69) is 0 Å². The molecule has 1 aromatic rings. The number of hydrogen-bond acceptors (Lipinski definition) is 5. The molecular weight excluding hydrogens is 212 g/mol. The van der Waals surface area contributed by atoms with Gasteiger partial charge in [-0.2, -0.15) is 0 Å². The molecule has 0 radical (unpaired) electrons. The van der Waals surface area contributed by atoms with Crippen LogP contribution in [0.3, 0.4) is 0 Å². The van der Waals surface area contributed by atoms with Crippen molar-refractivity contribution in [3.8, 4) is 0 Å². The first kappa shape index (κ1) is 12.1. The van der Waals surface area contributed by atoms with Gasteiger partial charge in [0.05, 0.1) is 11.5 Å². The van der Waals surface area contributed by atoms with Crippen molar-refractivity contribution in [1.82, 2.24) is 0 Å². The van der Waals surface area contributed by atoms with Gasteiger partial charge in [-0.15, -0.1) is 0 Å². The standard InChI is InChI=1S/C10H12N2O4/c1-2-16-10(13)9-7(6-11)4-3-5-8(9)12(14)15/h3-5H,2,6,11H2,1H3. The van der Waals surface area contributed by atoms with Crippen LogP contribution in [0.2, 0.25) is 0 Å². The summed E-state index contributed by atoms with van der Waals surface area (Å²) in [6.07, 6.45) is 0. The molecule has 0 bridgehead atoms. The van der Waals surface area contributed by atoms with Crippen LogP contribution in [0.25, 0.3) is 0 Å². The molecule has 0 amide bonds. The Morgan fingerprint density at radius 1 is 1.56 bits per heavy atom. The number of nitro groups is 1. The third kappa shape index (κ3) is 2.34. The Hall–Kier alpha value is -1.95. The molecule has 0 aliphatic rings. The minimum atomic E-state index is -0.713. The lowest BCUT2D eigenvalue weighted by Crippen LogP contribution is -2.13. The minimum absolute atomic E-state index is 0.0514. The summed E-state index contributed by atoms with van der Waals surface area (Å²) in [6.45, 7) is 1.85. The third-order valence-corrected chi connectivity index (χ3v) is 2.02. The molecule has 1 aromatic carbocycles. The highest BCUT2D eigenvalue weighted by molar-refractivity contribution is 5.95. The van der Waals surface area contributed by atoms with E-state index in [0.717, 1.165) is 0 Å². The van der Waals surface area contributed by atoms with Gasteiger partial charge < -0.3 is 10.5 Å². The Balaban J connectivity index is 3.30. The second kappa shape index (κ2) is 5.22. The fourth-order valence-corrected chi connectivity index (χ4v) is 1.35. The van der Waals surface area contributed by atoms with Crippen LogP contribution in [-0.2, 0) is 11.3 Å². The van der Waals surface area contributed by atoms with Crippen LogP contribution < -0.4 is 5.73 Å². The molecule has 86 valence electrons. The fraction of sp³-hybridized carbons (Fsp3) is 0.300. The topological polar surface area (TPSA) is 95.5 Å². The maximum Gasteiger partial charge on any atom is 0.345 e. The number of ether oxygens (including phenoxy) is 1. The van der Waals surface area contributed by atoms with Crippen LogP contribution >= 0.6 is 0 Å². The number of esters is 1. The summed E-state index contributed by atoms with van der Waals surface area (Å²) in [5.41, 5.74) is 5.50. The maximum atomic E-state index is 11.6. The second-order valence-electron chi connectivity index (χ2n) is 2.99. The fourth-order valence-electron chi connectivity index (χ4n) is 1.35. The number of hydrogen-bond donors (Lipinski definition) is 1. The van der Waals surface area contributed by atoms with Crippen LogP contribution in [0.15, 0.2) is 18.2 Å².